The molecule has 2 aromatic rings. The van der Waals surface area contributed by atoms with Crippen molar-refractivity contribution in [2.24, 2.45) is 0 Å². The van der Waals surface area contributed by atoms with E-state index < -0.39 is 25.3 Å². The third-order valence-electron chi connectivity index (χ3n) is 2.54. The van der Waals surface area contributed by atoms with E-state index >= 15 is 0 Å². The molecule has 9 heteroatoms. The van der Waals surface area contributed by atoms with Crippen molar-refractivity contribution in [3.05, 3.63) is 62.4 Å². The molecule has 1 N–H and O–H groups in total. The van der Waals surface area contributed by atoms with Crippen LogP contribution in [0.25, 0.3) is 0 Å². The second-order valence-electron chi connectivity index (χ2n) is 3.98. The van der Waals surface area contributed by atoms with Crippen molar-refractivity contribution >= 4 is 54.9 Å². The number of sulfone groups is 1. The zero-order valence-corrected chi connectivity index (χ0v) is 14.6. The maximum absolute atomic E-state index is 12.5. The molecule has 0 aliphatic heterocycles. The van der Waals surface area contributed by atoms with Crippen LogP contribution in [-0.4, -0.2) is 14.3 Å². The van der Waals surface area contributed by atoms with Crippen LogP contribution in [0.4, 0.5) is 0 Å². The van der Waals surface area contributed by atoms with Crippen molar-refractivity contribution in [2.45, 2.75) is 4.90 Å². The first-order valence-corrected chi connectivity index (χ1v) is 8.76. The van der Waals surface area contributed by atoms with Gasteiger partial charge in [-0.15, -0.1) is 0 Å². The minimum absolute atomic E-state index is 0.0655. The number of rotatable bonds is 4. The van der Waals surface area contributed by atoms with Gasteiger partial charge in [-0.05, 0) is 36.4 Å². The average Bonchev–Trinajstić information content (AvgIpc) is 2.98. The summed E-state index contributed by atoms with van der Waals surface area (Å²) in [5, 5.41) is 1.54. The van der Waals surface area contributed by atoms with Crippen molar-refractivity contribution in [1.82, 2.24) is 5.32 Å². The number of nitrogens with one attached hydrogen (secondary N) is 1. The molecule has 0 aliphatic rings. The first-order valence-electron chi connectivity index (χ1n) is 5.73. The molecular weight excluding hydrogens is 417 g/mol. The molecule has 5 nitrogen and oxygen atoms in total. The number of carbonyl (C=O) groups is 1. The number of carbonyl (C=O) groups excluding carboxylic acids is 1. The monoisotopic (exact) mass is 423 g/mol. The molecule has 22 heavy (non-hydrogen) atoms. The van der Waals surface area contributed by atoms with E-state index in [-0.39, 0.29) is 10.7 Å². The van der Waals surface area contributed by atoms with Crippen molar-refractivity contribution < 1.29 is 17.6 Å². The minimum atomic E-state index is -4.08. The standard InChI is InChI=1S/C13H8BrCl2NO4S/c14-8-3-5-9(6-4-8)22(19,20)13(11(15)16)17-12(18)10-2-1-7-21-10/h1-7H,(H,17,18). The van der Waals surface area contributed by atoms with Crippen LogP contribution >= 0.6 is 39.1 Å². The van der Waals surface area contributed by atoms with Gasteiger partial charge in [-0.25, -0.2) is 8.42 Å². The Morgan fingerprint density at radius 1 is 1.14 bits per heavy atom. The second-order valence-corrected chi connectivity index (χ2v) is 7.73. The Labute approximate surface area is 144 Å². The highest BCUT2D eigenvalue weighted by Crippen LogP contribution is 2.25. The number of benzene rings is 1. The van der Waals surface area contributed by atoms with Gasteiger partial charge in [0.25, 0.3) is 5.91 Å². The molecule has 1 heterocycles. The lowest BCUT2D eigenvalue weighted by atomic mass is 10.4. The number of hydrogen-bond donors (Lipinski definition) is 1. The molecule has 1 aromatic heterocycles. The molecule has 1 amide bonds. The summed E-state index contributed by atoms with van der Waals surface area (Å²) in [7, 11) is -4.08. The predicted molar refractivity (Wildman–Crippen MR) is 86.2 cm³/mol. The van der Waals surface area contributed by atoms with E-state index in [9.17, 15) is 13.2 Å². The van der Waals surface area contributed by atoms with Gasteiger partial charge in [0, 0.05) is 4.47 Å². The normalized spacial score (nSPS) is 11.0. The van der Waals surface area contributed by atoms with Crippen LogP contribution in [0.5, 0.6) is 0 Å². The Kier molecular flexibility index (Phi) is 5.33. The first-order chi connectivity index (χ1) is 10.3. The van der Waals surface area contributed by atoms with Crippen LogP contribution in [0.1, 0.15) is 10.6 Å². The number of amides is 1. The molecular formula is C13H8BrCl2NO4S. The largest absolute Gasteiger partial charge is 0.459 e. The summed E-state index contributed by atoms with van der Waals surface area (Å²) in [5.41, 5.74) is 0. The van der Waals surface area contributed by atoms with Crippen LogP contribution in [-0.2, 0) is 9.84 Å². The van der Waals surface area contributed by atoms with E-state index in [4.69, 9.17) is 27.6 Å². The summed E-state index contributed by atoms with van der Waals surface area (Å²) in [6.07, 6.45) is 1.28. The lowest BCUT2D eigenvalue weighted by Gasteiger charge is -2.10. The van der Waals surface area contributed by atoms with E-state index in [1.165, 1.54) is 30.5 Å². The molecule has 0 aliphatic carbocycles. The highest BCUT2D eigenvalue weighted by molar-refractivity contribution is 9.10. The van der Waals surface area contributed by atoms with Gasteiger partial charge in [0.2, 0.25) is 9.84 Å². The van der Waals surface area contributed by atoms with E-state index in [1.807, 2.05) is 0 Å². The highest BCUT2D eigenvalue weighted by atomic mass is 79.9. The Hall–Kier alpha value is -1.28. The summed E-state index contributed by atoms with van der Waals surface area (Å²) < 4.78 is 30.0. The summed E-state index contributed by atoms with van der Waals surface area (Å²) >= 11 is 14.5. The lowest BCUT2D eigenvalue weighted by molar-refractivity contribution is 0.0941. The van der Waals surface area contributed by atoms with Gasteiger partial charge in [0.1, 0.15) is 4.49 Å². The van der Waals surface area contributed by atoms with Crippen molar-refractivity contribution in [3.63, 3.8) is 0 Å². The number of hydrogen-bond acceptors (Lipinski definition) is 4. The van der Waals surface area contributed by atoms with Crippen LogP contribution < -0.4 is 5.32 Å². The topological polar surface area (TPSA) is 76.4 Å². The first kappa shape index (κ1) is 17.1. The molecule has 0 saturated heterocycles. The quantitative estimate of drug-likeness (QED) is 0.808. The van der Waals surface area contributed by atoms with E-state index in [0.717, 1.165) is 0 Å². The molecule has 0 unspecified atom stereocenters. The summed E-state index contributed by atoms with van der Waals surface area (Å²) in [5.74, 6) is -0.849. The van der Waals surface area contributed by atoms with Crippen molar-refractivity contribution in [1.29, 1.82) is 0 Å². The number of furan rings is 1. The van der Waals surface area contributed by atoms with Crippen LogP contribution in [0, 0.1) is 0 Å². The molecule has 0 atom stereocenters. The highest BCUT2D eigenvalue weighted by Gasteiger charge is 2.26. The predicted octanol–water partition coefficient (Wildman–Crippen LogP) is 3.85. The van der Waals surface area contributed by atoms with E-state index in [1.54, 1.807) is 12.1 Å². The molecule has 0 fully saturated rings. The van der Waals surface area contributed by atoms with Gasteiger partial charge in [0.15, 0.2) is 10.8 Å². The molecule has 116 valence electrons. The fourth-order valence-electron chi connectivity index (χ4n) is 1.52. The lowest BCUT2D eigenvalue weighted by Crippen LogP contribution is -2.27. The summed E-state index contributed by atoms with van der Waals surface area (Å²) in [4.78, 5) is 11.9. The Morgan fingerprint density at radius 3 is 2.27 bits per heavy atom. The molecule has 0 radical (unpaired) electrons. The van der Waals surface area contributed by atoms with Crippen molar-refractivity contribution in [2.75, 3.05) is 0 Å². The molecule has 2 rings (SSSR count). The Bertz CT molecular complexity index is 810. The van der Waals surface area contributed by atoms with E-state index in [0.29, 0.717) is 4.47 Å². The summed E-state index contributed by atoms with van der Waals surface area (Å²) in [6, 6.07) is 8.66. The van der Waals surface area contributed by atoms with E-state index in [2.05, 4.69) is 21.2 Å². The zero-order valence-electron chi connectivity index (χ0n) is 10.7. The molecule has 0 spiro atoms. The van der Waals surface area contributed by atoms with Gasteiger partial charge in [-0.1, -0.05) is 39.1 Å². The third kappa shape index (κ3) is 3.73. The van der Waals surface area contributed by atoms with Crippen LogP contribution in [0.15, 0.2) is 66.0 Å². The van der Waals surface area contributed by atoms with Gasteiger partial charge in [0.05, 0.1) is 11.2 Å². The maximum atomic E-state index is 12.5. The maximum Gasteiger partial charge on any atom is 0.291 e. The van der Waals surface area contributed by atoms with Crippen LogP contribution in [0.2, 0.25) is 0 Å². The minimum Gasteiger partial charge on any atom is -0.459 e. The molecule has 0 saturated carbocycles. The van der Waals surface area contributed by atoms with Gasteiger partial charge < -0.3 is 9.73 Å². The van der Waals surface area contributed by atoms with Crippen molar-refractivity contribution in [3.8, 4) is 0 Å². The van der Waals surface area contributed by atoms with Crippen LogP contribution in [0.3, 0.4) is 0 Å². The zero-order chi connectivity index (χ0) is 16.3. The Morgan fingerprint density at radius 2 is 1.77 bits per heavy atom. The SMILES string of the molecule is O=C(NC(=C(Cl)Cl)S(=O)(=O)c1ccc(Br)cc1)c1ccco1. The molecule has 1 aromatic carbocycles. The second kappa shape index (κ2) is 6.87. The fourth-order valence-corrected chi connectivity index (χ4v) is 3.65. The number of halogens is 3. The van der Waals surface area contributed by atoms with Gasteiger partial charge in [-0.3, -0.25) is 4.79 Å². The van der Waals surface area contributed by atoms with Gasteiger partial charge in [-0.2, -0.15) is 0 Å². The fraction of sp³-hybridized carbons (Fsp3) is 0. The third-order valence-corrected chi connectivity index (χ3v) is 5.40. The Balaban J connectivity index is 2.38. The molecule has 0 bridgehead atoms. The smallest absolute Gasteiger partial charge is 0.291 e. The summed E-state index contributed by atoms with van der Waals surface area (Å²) in [6.45, 7) is 0. The average molecular weight is 425 g/mol. The van der Waals surface area contributed by atoms with Gasteiger partial charge >= 0.3 is 0 Å².